The maximum atomic E-state index is 11.7. The number of fused-ring (bicyclic) bond motifs is 2. The highest BCUT2D eigenvalue weighted by Gasteiger charge is 2.40. The number of rotatable bonds is 2. The van der Waals surface area contributed by atoms with E-state index < -0.39 is 5.97 Å². The van der Waals surface area contributed by atoms with E-state index in [1.165, 1.54) is 12.8 Å². The molecule has 17 heavy (non-hydrogen) atoms. The number of esters is 1. The zero-order chi connectivity index (χ0) is 11.8. The minimum Gasteiger partial charge on any atom is -0.455 e. The molecule has 3 atom stereocenters. The Morgan fingerprint density at radius 2 is 2.18 bits per heavy atom. The number of carbonyl (C=O) groups excluding carboxylic acids is 1. The minimum absolute atomic E-state index is 0.0110. The van der Waals surface area contributed by atoms with Crippen molar-refractivity contribution < 1.29 is 13.9 Å². The molecule has 2 saturated heterocycles. The van der Waals surface area contributed by atoms with Crippen molar-refractivity contribution in [1.82, 2.24) is 15.1 Å². The van der Waals surface area contributed by atoms with Crippen LogP contribution in [0.4, 0.5) is 0 Å². The van der Waals surface area contributed by atoms with Crippen LogP contribution in [0.25, 0.3) is 0 Å². The van der Waals surface area contributed by atoms with E-state index >= 15 is 0 Å². The third-order valence-electron chi connectivity index (χ3n) is 3.86. The van der Waals surface area contributed by atoms with Gasteiger partial charge >= 0.3 is 11.9 Å². The maximum Gasteiger partial charge on any atom is 0.396 e. The summed E-state index contributed by atoms with van der Waals surface area (Å²) in [6, 6.07) is 1.10. The van der Waals surface area contributed by atoms with Crippen LogP contribution < -0.4 is 0 Å². The van der Waals surface area contributed by atoms with E-state index in [1.54, 1.807) is 0 Å². The highest BCUT2D eigenvalue weighted by atomic mass is 16.6. The summed E-state index contributed by atoms with van der Waals surface area (Å²) in [4.78, 5) is 14.1. The topological polar surface area (TPSA) is 68.5 Å². The molecule has 92 valence electrons. The van der Waals surface area contributed by atoms with Gasteiger partial charge in [0.15, 0.2) is 0 Å². The van der Waals surface area contributed by atoms with Crippen molar-refractivity contribution in [2.45, 2.75) is 43.9 Å². The Morgan fingerprint density at radius 1 is 1.47 bits per heavy atom. The summed E-state index contributed by atoms with van der Waals surface area (Å²) in [5.74, 6) is -0.562. The molecule has 2 fully saturated rings. The molecule has 1 aromatic rings. The van der Waals surface area contributed by atoms with Gasteiger partial charge in [-0.25, -0.2) is 4.79 Å². The lowest BCUT2D eigenvalue weighted by Gasteiger charge is -2.35. The second-order valence-electron chi connectivity index (χ2n) is 4.79. The monoisotopic (exact) mass is 237 g/mol. The van der Waals surface area contributed by atoms with Crippen molar-refractivity contribution in [1.29, 1.82) is 0 Å². The SMILES string of the molecule is CN1[C@@H]2CC[C@H]1C[C@@H](OC(=O)c1nnco1)C2. The van der Waals surface area contributed by atoms with Crippen LogP contribution in [0.3, 0.4) is 0 Å². The van der Waals surface area contributed by atoms with Gasteiger partial charge in [-0.05, 0) is 19.9 Å². The molecule has 2 aliphatic rings. The van der Waals surface area contributed by atoms with Gasteiger partial charge in [-0.3, -0.25) is 0 Å². The minimum atomic E-state index is -0.503. The summed E-state index contributed by atoms with van der Waals surface area (Å²) in [5, 5.41) is 7.01. The molecule has 0 aliphatic carbocycles. The fourth-order valence-electron chi connectivity index (χ4n) is 2.92. The fourth-order valence-corrected chi connectivity index (χ4v) is 2.92. The van der Waals surface area contributed by atoms with Gasteiger partial charge in [-0.1, -0.05) is 0 Å². The van der Waals surface area contributed by atoms with Crippen LogP contribution in [0, 0.1) is 0 Å². The average molecular weight is 237 g/mol. The second-order valence-corrected chi connectivity index (χ2v) is 4.79. The van der Waals surface area contributed by atoms with Gasteiger partial charge in [-0.2, -0.15) is 0 Å². The van der Waals surface area contributed by atoms with Crippen LogP contribution in [0.15, 0.2) is 10.8 Å². The summed E-state index contributed by atoms with van der Waals surface area (Å²) in [5.41, 5.74) is 0. The quantitative estimate of drug-likeness (QED) is 0.710. The Hall–Kier alpha value is -1.43. The van der Waals surface area contributed by atoms with Crippen LogP contribution in [0.5, 0.6) is 0 Å². The summed E-state index contributed by atoms with van der Waals surface area (Å²) >= 11 is 0. The highest BCUT2D eigenvalue weighted by Crippen LogP contribution is 2.35. The zero-order valence-corrected chi connectivity index (χ0v) is 9.70. The van der Waals surface area contributed by atoms with Gasteiger partial charge in [0.1, 0.15) is 6.10 Å². The van der Waals surface area contributed by atoms with Gasteiger partial charge in [0.05, 0.1) is 0 Å². The number of hydrogen-bond acceptors (Lipinski definition) is 6. The van der Waals surface area contributed by atoms with Crippen molar-refractivity contribution in [3.63, 3.8) is 0 Å². The van der Waals surface area contributed by atoms with E-state index in [1.807, 2.05) is 0 Å². The molecule has 0 radical (unpaired) electrons. The van der Waals surface area contributed by atoms with Crippen LogP contribution in [0.2, 0.25) is 0 Å². The van der Waals surface area contributed by atoms with Crippen molar-refractivity contribution >= 4 is 5.97 Å². The predicted octanol–water partition coefficient (Wildman–Crippen LogP) is 0.852. The molecule has 0 spiro atoms. The van der Waals surface area contributed by atoms with Gasteiger partial charge in [0.25, 0.3) is 0 Å². The van der Waals surface area contributed by atoms with E-state index in [9.17, 15) is 4.79 Å². The number of nitrogens with zero attached hydrogens (tertiary/aromatic N) is 3. The molecule has 0 unspecified atom stereocenters. The lowest BCUT2D eigenvalue weighted by atomic mass is 10.0. The molecular formula is C11H15N3O3. The maximum absolute atomic E-state index is 11.7. The first-order chi connectivity index (χ1) is 8.24. The summed E-state index contributed by atoms with van der Waals surface area (Å²) in [7, 11) is 2.15. The highest BCUT2D eigenvalue weighted by molar-refractivity contribution is 5.83. The third kappa shape index (κ3) is 1.93. The van der Waals surface area contributed by atoms with Crippen LogP contribution in [0.1, 0.15) is 36.4 Å². The van der Waals surface area contributed by atoms with E-state index in [0.29, 0.717) is 12.1 Å². The Balaban J connectivity index is 1.62. The average Bonchev–Trinajstić information content (AvgIpc) is 2.88. The van der Waals surface area contributed by atoms with Crippen molar-refractivity contribution in [3.8, 4) is 0 Å². The van der Waals surface area contributed by atoms with Gasteiger partial charge in [0.2, 0.25) is 6.39 Å². The summed E-state index contributed by atoms with van der Waals surface area (Å²) in [6.45, 7) is 0. The molecule has 0 aromatic carbocycles. The van der Waals surface area contributed by atoms with Gasteiger partial charge in [0, 0.05) is 24.9 Å². The molecule has 2 aliphatic heterocycles. The molecule has 0 N–H and O–H groups in total. The van der Waals surface area contributed by atoms with E-state index in [4.69, 9.17) is 9.15 Å². The van der Waals surface area contributed by atoms with Gasteiger partial charge in [-0.15, -0.1) is 10.2 Å². The molecular weight excluding hydrogens is 222 g/mol. The molecule has 6 nitrogen and oxygen atoms in total. The number of hydrogen-bond donors (Lipinski definition) is 0. The van der Waals surface area contributed by atoms with Crippen molar-refractivity contribution in [3.05, 3.63) is 12.3 Å². The summed E-state index contributed by atoms with van der Waals surface area (Å²) < 4.78 is 10.2. The lowest BCUT2D eigenvalue weighted by Crippen LogP contribution is -2.43. The molecule has 2 bridgehead atoms. The molecule has 0 saturated carbocycles. The number of piperidine rings is 1. The second kappa shape index (κ2) is 4.10. The fraction of sp³-hybridized carbons (Fsp3) is 0.727. The normalized spacial score (nSPS) is 32.6. The number of aromatic nitrogens is 2. The first-order valence-electron chi connectivity index (χ1n) is 5.93. The van der Waals surface area contributed by atoms with E-state index in [-0.39, 0.29) is 12.0 Å². The number of ether oxygens (including phenoxy) is 1. The zero-order valence-electron chi connectivity index (χ0n) is 9.70. The van der Waals surface area contributed by atoms with Crippen molar-refractivity contribution in [2.24, 2.45) is 0 Å². The van der Waals surface area contributed by atoms with Crippen LogP contribution in [-0.2, 0) is 4.74 Å². The largest absolute Gasteiger partial charge is 0.455 e. The first-order valence-corrected chi connectivity index (χ1v) is 5.93. The van der Waals surface area contributed by atoms with E-state index in [2.05, 4.69) is 22.1 Å². The lowest BCUT2D eigenvalue weighted by molar-refractivity contribution is -0.00384. The van der Waals surface area contributed by atoms with Crippen molar-refractivity contribution in [2.75, 3.05) is 7.05 Å². The first kappa shape index (κ1) is 10.7. The number of carbonyl (C=O) groups is 1. The molecule has 1 aromatic heterocycles. The summed E-state index contributed by atoms with van der Waals surface area (Å²) in [6.07, 6.45) is 5.35. The van der Waals surface area contributed by atoms with Gasteiger partial charge < -0.3 is 14.1 Å². The molecule has 3 heterocycles. The predicted molar refractivity (Wildman–Crippen MR) is 57.3 cm³/mol. The van der Waals surface area contributed by atoms with E-state index in [0.717, 1.165) is 19.2 Å². The molecule has 3 rings (SSSR count). The van der Waals surface area contributed by atoms with Crippen LogP contribution >= 0.6 is 0 Å². The standard InChI is InChI=1S/C11H15N3O3/c1-14-7-2-3-8(14)5-9(4-7)17-11(15)10-13-12-6-16-10/h6-9H,2-5H2,1H3/t7-,8+,9+. The Morgan fingerprint density at radius 3 is 2.76 bits per heavy atom. The Kier molecular flexibility index (Phi) is 2.58. The molecule has 0 amide bonds. The smallest absolute Gasteiger partial charge is 0.396 e. The Labute approximate surface area is 98.9 Å². The Bertz CT molecular complexity index is 392. The van der Waals surface area contributed by atoms with Crippen LogP contribution in [-0.4, -0.2) is 46.3 Å². The molecule has 6 heteroatoms. The third-order valence-corrected chi connectivity index (χ3v) is 3.86.